The maximum atomic E-state index is 11.8. The van der Waals surface area contributed by atoms with Crippen LogP contribution in [0.3, 0.4) is 0 Å². The standard InChI is InChI=1S/C13H19BrN2O/c1-2-10-11(14)13(17)16-12(15-10)9-7-5-3-4-6-8-9/h9H,2-8H2,1H3,(H,15,16,17). The first kappa shape index (κ1) is 12.8. The van der Waals surface area contributed by atoms with Crippen LogP contribution in [-0.2, 0) is 6.42 Å². The average Bonchev–Trinajstić information content (AvgIpc) is 2.61. The van der Waals surface area contributed by atoms with Gasteiger partial charge < -0.3 is 4.98 Å². The third-order valence-electron chi connectivity index (χ3n) is 3.53. The van der Waals surface area contributed by atoms with Crippen LogP contribution in [0.2, 0.25) is 0 Å². The average molecular weight is 299 g/mol. The Morgan fingerprint density at radius 2 is 1.94 bits per heavy atom. The number of nitrogens with zero attached hydrogens (tertiary/aromatic N) is 1. The van der Waals surface area contributed by atoms with Crippen molar-refractivity contribution in [2.24, 2.45) is 0 Å². The van der Waals surface area contributed by atoms with Crippen LogP contribution in [0.4, 0.5) is 0 Å². The molecule has 0 bridgehead atoms. The van der Waals surface area contributed by atoms with Crippen molar-refractivity contribution in [3.63, 3.8) is 0 Å². The lowest BCUT2D eigenvalue weighted by atomic mass is 9.99. The summed E-state index contributed by atoms with van der Waals surface area (Å²) in [6.07, 6.45) is 8.26. The van der Waals surface area contributed by atoms with Gasteiger partial charge in [-0.3, -0.25) is 4.79 Å². The summed E-state index contributed by atoms with van der Waals surface area (Å²) >= 11 is 3.31. The second-order valence-electron chi connectivity index (χ2n) is 4.75. The summed E-state index contributed by atoms with van der Waals surface area (Å²) in [4.78, 5) is 19.4. The summed E-state index contributed by atoms with van der Waals surface area (Å²) in [7, 11) is 0. The summed E-state index contributed by atoms with van der Waals surface area (Å²) in [6, 6.07) is 0. The van der Waals surface area contributed by atoms with Gasteiger partial charge in [0.05, 0.1) is 5.69 Å². The molecule has 4 heteroatoms. The first-order valence-corrected chi connectivity index (χ1v) is 7.30. The van der Waals surface area contributed by atoms with E-state index in [-0.39, 0.29) is 5.56 Å². The van der Waals surface area contributed by atoms with Gasteiger partial charge in [-0.1, -0.05) is 32.6 Å². The van der Waals surface area contributed by atoms with Gasteiger partial charge >= 0.3 is 0 Å². The molecule has 1 heterocycles. The van der Waals surface area contributed by atoms with E-state index in [4.69, 9.17) is 0 Å². The lowest BCUT2D eigenvalue weighted by molar-refractivity contribution is 0.554. The molecule has 17 heavy (non-hydrogen) atoms. The van der Waals surface area contributed by atoms with Gasteiger partial charge in [-0.15, -0.1) is 0 Å². The van der Waals surface area contributed by atoms with Crippen LogP contribution in [0.25, 0.3) is 0 Å². The zero-order chi connectivity index (χ0) is 12.3. The van der Waals surface area contributed by atoms with Crippen molar-refractivity contribution in [2.75, 3.05) is 0 Å². The van der Waals surface area contributed by atoms with Crippen LogP contribution in [0.15, 0.2) is 9.27 Å². The number of halogens is 1. The fourth-order valence-electron chi connectivity index (χ4n) is 2.51. The lowest BCUT2D eigenvalue weighted by Crippen LogP contribution is -2.17. The molecule has 0 radical (unpaired) electrons. The van der Waals surface area contributed by atoms with Crippen LogP contribution in [0, 0.1) is 0 Å². The molecule has 0 aliphatic heterocycles. The quantitative estimate of drug-likeness (QED) is 0.849. The summed E-state index contributed by atoms with van der Waals surface area (Å²) in [5.41, 5.74) is 0.851. The Balaban J connectivity index is 2.31. The number of rotatable bonds is 2. The molecular weight excluding hydrogens is 280 g/mol. The highest BCUT2D eigenvalue weighted by molar-refractivity contribution is 9.10. The van der Waals surface area contributed by atoms with Crippen LogP contribution in [-0.4, -0.2) is 9.97 Å². The van der Waals surface area contributed by atoms with E-state index in [9.17, 15) is 4.79 Å². The first-order valence-electron chi connectivity index (χ1n) is 6.51. The second kappa shape index (κ2) is 5.80. The predicted octanol–water partition coefficient (Wildman–Crippen LogP) is 3.53. The molecule has 94 valence electrons. The van der Waals surface area contributed by atoms with E-state index in [1.807, 2.05) is 6.92 Å². The molecule has 0 amide bonds. The minimum atomic E-state index is -0.0314. The van der Waals surface area contributed by atoms with Crippen molar-refractivity contribution in [1.29, 1.82) is 0 Å². The van der Waals surface area contributed by atoms with Crippen molar-refractivity contribution < 1.29 is 0 Å². The highest BCUT2D eigenvalue weighted by Crippen LogP contribution is 2.29. The summed E-state index contributed by atoms with van der Waals surface area (Å²) in [5, 5.41) is 0. The van der Waals surface area contributed by atoms with Gasteiger partial charge in [0.1, 0.15) is 10.3 Å². The van der Waals surface area contributed by atoms with Crippen molar-refractivity contribution in [2.45, 2.75) is 57.8 Å². The maximum Gasteiger partial charge on any atom is 0.265 e. The largest absolute Gasteiger partial charge is 0.309 e. The Morgan fingerprint density at radius 3 is 2.53 bits per heavy atom. The zero-order valence-electron chi connectivity index (χ0n) is 10.3. The van der Waals surface area contributed by atoms with E-state index in [1.165, 1.54) is 25.7 Å². The van der Waals surface area contributed by atoms with Crippen molar-refractivity contribution in [3.8, 4) is 0 Å². The second-order valence-corrected chi connectivity index (χ2v) is 5.55. The molecule has 2 rings (SSSR count). The van der Waals surface area contributed by atoms with Gasteiger partial charge in [0.15, 0.2) is 0 Å². The molecule has 1 aromatic heterocycles. The molecule has 0 spiro atoms. The Morgan fingerprint density at radius 1 is 1.29 bits per heavy atom. The lowest BCUT2D eigenvalue weighted by Gasteiger charge is -2.14. The van der Waals surface area contributed by atoms with Crippen LogP contribution >= 0.6 is 15.9 Å². The number of hydrogen-bond donors (Lipinski definition) is 1. The van der Waals surface area contributed by atoms with E-state index in [2.05, 4.69) is 25.9 Å². The van der Waals surface area contributed by atoms with E-state index < -0.39 is 0 Å². The molecular formula is C13H19BrN2O. The normalized spacial score (nSPS) is 18.0. The number of hydrogen-bond acceptors (Lipinski definition) is 2. The molecule has 1 saturated carbocycles. The molecule has 0 atom stereocenters. The van der Waals surface area contributed by atoms with Crippen LogP contribution < -0.4 is 5.56 Å². The van der Waals surface area contributed by atoms with E-state index >= 15 is 0 Å². The summed E-state index contributed by atoms with van der Waals surface area (Å²) < 4.78 is 0.595. The van der Waals surface area contributed by atoms with E-state index in [0.717, 1.165) is 30.8 Å². The van der Waals surface area contributed by atoms with Gasteiger partial charge in [0, 0.05) is 5.92 Å². The molecule has 1 aliphatic rings. The Bertz CT molecular complexity index is 434. The SMILES string of the molecule is CCc1nc(C2CCCCCC2)[nH]c(=O)c1Br. The van der Waals surface area contributed by atoms with Crippen molar-refractivity contribution in [3.05, 3.63) is 26.3 Å². The molecule has 0 saturated heterocycles. The van der Waals surface area contributed by atoms with E-state index in [0.29, 0.717) is 10.4 Å². The van der Waals surface area contributed by atoms with Gasteiger partial charge in [-0.05, 0) is 35.2 Å². The summed E-state index contributed by atoms with van der Waals surface area (Å²) in [6.45, 7) is 2.03. The fraction of sp³-hybridized carbons (Fsp3) is 0.692. The van der Waals surface area contributed by atoms with Crippen molar-refractivity contribution in [1.82, 2.24) is 9.97 Å². The predicted molar refractivity (Wildman–Crippen MR) is 72.4 cm³/mol. The van der Waals surface area contributed by atoms with Crippen LogP contribution in [0.1, 0.15) is 62.9 Å². The highest BCUT2D eigenvalue weighted by Gasteiger charge is 2.18. The Kier molecular flexibility index (Phi) is 4.37. The number of nitrogens with one attached hydrogen (secondary N) is 1. The van der Waals surface area contributed by atoms with Gasteiger partial charge in [-0.25, -0.2) is 4.98 Å². The highest BCUT2D eigenvalue weighted by atomic mass is 79.9. The minimum absolute atomic E-state index is 0.0314. The number of H-pyrrole nitrogens is 1. The molecule has 1 aliphatic carbocycles. The van der Waals surface area contributed by atoms with Gasteiger partial charge in [0.25, 0.3) is 5.56 Å². The summed E-state index contributed by atoms with van der Waals surface area (Å²) in [5.74, 6) is 1.35. The number of aryl methyl sites for hydroxylation is 1. The third-order valence-corrected chi connectivity index (χ3v) is 4.34. The van der Waals surface area contributed by atoms with Gasteiger partial charge in [-0.2, -0.15) is 0 Å². The molecule has 0 unspecified atom stereocenters. The monoisotopic (exact) mass is 298 g/mol. The van der Waals surface area contributed by atoms with Gasteiger partial charge in [0.2, 0.25) is 0 Å². The number of aromatic nitrogens is 2. The zero-order valence-corrected chi connectivity index (χ0v) is 11.8. The Labute approximate surface area is 110 Å². The van der Waals surface area contributed by atoms with Crippen molar-refractivity contribution >= 4 is 15.9 Å². The molecule has 3 nitrogen and oxygen atoms in total. The minimum Gasteiger partial charge on any atom is -0.309 e. The Hall–Kier alpha value is -0.640. The molecule has 1 aromatic rings. The molecule has 1 fully saturated rings. The topological polar surface area (TPSA) is 45.8 Å². The van der Waals surface area contributed by atoms with Crippen LogP contribution in [0.5, 0.6) is 0 Å². The third kappa shape index (κ3) is 2.97. The number of aromatic amines is 1. The molecule has 1 N–H and O–H groups in total. The van der Waals surface area contributed by atoms with E-state index in [1.54, 1.807) is 0 Å². The first-order chi connectivity index (χ1) is 8.22. The maximum absolute atomic E-state index is 11.8. The molecule has 0 aromatic carbocycles. The smallest absolute Gasteiger partial charge is 0.265 e. The fourth-order valence-corrected chi connectivity index (χ4v) is 2.97.